The first-order valence-corrected chi connectivity index (χ1v) is 7.89. The molecule has 0 aliphatic rings. The molecule has 5 nitrogen and oxygen atoms in total. The number of nitrogens with zero attached hydrogens (tertiary/aromatic N) is 4. The van der Waals surface area contributed by atoms with Crippen molar-refractivity contribution in [3.63, 3.8) is 0 Å². The number of hydrogen-bond acceptors (Lipinski definition) is 4. The van der Waals surface area contributed by atoms with E-state index in [0.29, 0.717) is 25.1 Å². The van der Waals surface area contributed by atoms with E-state index in [1.165, 1.54) is 0 Å². The second-order valence-electron chi connectivity index (χ2n) is 5.93. The predicted octanol–water partition coefficient (Wildman–Crippen LogP) is 2.35. The number of carbonyl (C=O) groups is 1. The summed E-state index contributed by atoms with van der Waals surface area (Å²) in [6.07, 6.45) is 3.81. The zero-order valence-electron chi connectivity index (χ0n) is 14.1. The van der Waals surface area contributed by atoms with E-state index in [-0.39, 0.29) is 5.91 Å². The number of likely N-dealkylation sites (N-methyl/N-ethyl adjacent to an activating group) is 1. The highest BCUT2D eigenvalue weighted by Gasteiger charge is 2.17. The van der Waals surface area contributed by atoms with Gasteiger partial charge in [0.1, 0.15) is 0 Å². The largest absolute Gasteiger partial charge is 0.333 e. The molecule has 1 aromatic carbocycles. The maximum Gasteiger partial charge on any atom is 0.254 e. The fraction of sp³-hybridized carbons (Fsp3) is 0.316. The summed E-state index contributed by atoms with van der Waals surface area (Å²) in [5, 5.41) is 8.84. The third-order valence-electron chi connectivity index (χ3n) is 3.66. The maximum atomic E-state index is 12.9. The number of benzene rings is 1. The molecule has 0 saturated heterocycles. The average Bonchev–Trinajstić information content (AvgIpc) is 2.59. The van der Waals surface area contributed by atoms with Gasteiger partial charge in [-0.2, -0.15) is 5.26 Å². The summed E-state index contributed by atoms with van der Waals surface area (Å²) < 4.78 is 0. The molecule has 0 N–H and O–H groups in total. The number of nitriles is 1. The lowest BCUT2D eigenvalue weighted by Crippen LogP contribution is -2.36. The van der Waals surface area contributed by atoms with Crippen molar-refractivity contribution in [1.29, 1.82) is 5.26 Å². The molecule has 2 aromatic rings. The van der Waals surface area contributed by atoms with Gasteiger partial charge in [0.2, 0.25) is 0 Å². The van der Waals surface area contributed by atoms with E-state index in [2.05, 4.69) is 16.0 Å². The first kappa shape index (κ1) is 17.6. The summed E-state index contributed by atoms with van der Waals surface area (Å²) in [6.45, 7) is 1.93. The van der Waals surface area contributed by atoms with Gasteiger partial charge in [-0.1, -0.05) is 18.2 Å². The zero-order valence-corrected chi connectivity index (χ0v) is 14.1. The normalized spacial score (nSPS) is 10.4. The van der Waals surface area contributed by atoms with Gasteiger partial charge in [-0.3, -0.25) is 9.78 Å². The molecular weight excluding hydrogens is 300 g/mol. The van der Waals surface area contributed by atoms with Gasteiger partial charge in [0, 0.05) is 37.6 Å². The van der Waals surface area contributed by atoms with Crippen molar-refractivity contribution in [2.24, 2.45) is 0 Å². The van der Waals surface area contributed by atoms with Crippen LogP contribution >= 0.6 is 0 Å². The fourth-order valence-electron chi connectivity index (χ4n) is 2.37. The molecule has 0 aliphatic heterocycles. The standard InChI is InChI=1S/C19H22N4O/c1-22(2)11-12-23(15-17-6-4-10-21-14-17)19(24)18-7-3-5-16(13-18)8-9-20/h3-7,10,13-14H,8,11-12,15H2,1-2H3. The van der Waals surface area contributed by atoms with E-state index in [1.54, 1.807) is 24.5 Å². The van der Waals surface area contributed by atoms with Gasteiger partial charge in [-0.15, -0.1) is 0 Å². The van der Waals surface area contributed by atoms with Crippen LogP contribution in [0.25, 0.3) is 0 Å². The minimum Gasteiger partial charge on any atom is -0.333 e. The summed E-state index contributed by atoms with van der Waals surface area (Å²) in [5.41, 5.74) is 2.47. The molecule has 0 saturated carbocycles. The Morgan fingerprint density at radius 2 is 1.96 bits per heavy atom. The second-order valence-corrected chi connectivity index (χ2v) is 5.93. The molecule has 0 bridgehead atoms. The van der Waals surface area contributed by atoms with E-state index in [9.17, 15) is 4.79 Å². The second kappa shape index (κ2) is 8.80. The van der Waals surface area contributed by atoms with E-state index < -0.39 is 0 Å². The van der Waals surface area contributed by atoms with Gasteiger partial charge in [0.05, 0.1) is 12.5 Å². The van der Waals surface area contributed by atoms with E-state index in [1.807, 2.05) is 43.3 Å². The molecule has 0 unspecified atom stereocenters. The van der Waals surface area contributed by atoms with Crippen molar-refractivity contribution in [3.05, 3.63) is 65.5 Å². The minimum atomic E-state index is -0.0273. The van der Waals surface area contributed by atoms with Crippen molar-refractivity contribution in [1.82, 2.24) is 14.8 Å². The van der Waals surface area contributed by atoms with Gasteiger partial charge >= 0.3 is 0 Å². The molecule has 1 amide bonds. The molecule has 0 fully saturated rings. The highest BCUT2D eigenvalue weighted by atomic mass is 16.2. The summed E-state index contributed by atoms with van der Waals surface area (Å²) in [6, 6.07) is 13.3. The highest BCUT2D eigenvalue weighted by Crippen LogP contribution is 2.12. The molecule has 0 aliphatic carbocycles. The summed E-state index contributed by atoms with van der Waals surface area (Å²) in [5.74, 6) is -0.0273. The number of amides is 1. The number of rotatable bonds is 7. The Hall–Kier alpha value is -2.71. The van der Waals surface area contributed by atoms with Gasteiger partial charge in [-0.05, 0) is 43.4 Å². The molecule has 0 spiro atoms. The lowest BCUT2D eigenvalue weighted by atomic mass is 10.1. The van der Waals surface area contributed by atoms with Gasteiger partial charge in [0.15, 0.2) is 0 Å². The van der Waals surface area contributed by atoms with Crippen LogP contribution < -0.4 is 0 Å². The topological polar surface area (TPSA) is 60.2 Å². The van der Waals surface area contributed by atoms with Crippen molar-refractivity contribution < 1.29 is 4.79 Å². The molecule has 0 radical (unpaired) electrons. The smallest absolute Gasteiger partial charge is 0.254 e. The quantitative estimate of drug-likeness (QED) is 0.785. The van der Waals surface area contributed by atoms with Gasteiger partial charge in [0.25, 0.3) is 5.91 Å². The summed E-state index contributed by atoms with van der Waals surface area (Å²) >= 11 is 0. The number of hydrogen-bond donors (Lipinski definition) is 0. The zero-order chi connectivity index (χ0) is 17.4. The van der Waals surface area contributed by atoms with Crippen LogP contribution in [0.2, 0.25) is 0 Å². The maximum absolute atomic E-state index is 12.9. The third kappa shape index (κ3) is 5.18. The van der Waals surface area contributed by atoms with Crippen LogP contribution in [0.4, 0.5) is 0 Å². The molecule has 2 rings (SSSR count). The van der Waals surface area contributed by atoms with Crippen molar-refractivity contribution in [2.45, 2.75) is 13.0 Å². The van der Waals surface area contributed by atoms with Crippen molar-refractivity contribution in [3.8, 4) is 6.07 Å². The van der Waals surface area contributed by atoms with Gasteiger partial charge < -0.3 is 9.80 Å². The average molecular weight is 322 g/mol. The Bertz CT molecular complexity index is 707. The summed E-state index contributed by atoms with van der Waals surface area (Å²) in [4.78, 5) is 20.9. The van der Waals surface area contributed by atoms with E-state index in [4.69, 9.17) is 5.26 Å². The predicted molar refractivity (Wildman–Crippen MR) is 93.3 cm³/mol. The molecule has 24 heavy (non-hydrogen) atoms. The Morgan fingerprint density at radius 3 is 2.62 bits per heavy atom. The number of carbonyl (C=O) groups excluding carboxylic acids is 1. The third-order valence-corrected chi connectivity index (χ3v) is 3.66. The van der Waals surface area contributed by atoms with Crippen LogP contribution in [0, 0.1) is 11.3 Å². The molecule has 0 atom stereocenters. The van der Waals surface area contributed by atoms with Crippen LogP contribution in [0.3, 0.4) is 0 Å². The minimum absolute atomic E-state index is 0.0273. The first-order valence-electron chi connectivity index (χ1n) is 7.89. The van der Waals surface area contributed by atoms with Crippen LogP contribution in [0.15, 0.2) is 48.8 Å². The van der Waals surface area contributed by atoms with Crippen molar-refractivity contribution in [2.75, 3.05) is 27.2 Å². The van der Waals surface area contributed by atoms with E-state index in [0.717, 1.165) is 17.7 Å². The molecule has 1 aromatic heterocycles. The van der Waals surface area contributed by atoms with Crippen molar-refractivity contribution >= 4 is 5.91 Å². The van der Waals surface area contributed by atoms with Gasteiger partial charge in [-0.25, -0.2) is 0 Å². The lowest BCUT2D eigenvalue weighted by molar-refractivity contribution is 0.0731. The number of pyridine rings is 1. The molecule has 124 valence electrons. The lowest BCUT2D eigenvalue weighted by Gasteiger charge is -2.24. The SMILES string of the molecule is CN(C)CCN(Cc1cccnc1)C(=O)c1cccc(CC#N)c1. The number of aromatic nitrogens is 1. The fourth-order valence-corrected chi connectivity index (χ4v) is 2.37. The molecule has 5 heteroatoms. The molecular formula is C19H22N4O. The van der Waals surface area contributed by atoms with Crippen LogP contribution in [0.1, 0.15) is 21.5 Å². The Balaban J connectivity index is 2.20. The Labute approximate surface area is 143 Å². The molecule has 1 heterocycles. The summed E-state index contributed by atoms with van der Waals surface area (Å²) in [7, 11) is 3.97. The van der Waals surface area contributed by atoms with Crippen LogP contribution in [0.5, 0.6) is 0 Å². The first-order chi connectivity index (χ1) is 11.6. The highest BCUT2D eigenvalue weighted by molar-refractivity contribution is 5.94. The Kier molecular flexibility index (Phi) is 6.47. The monoisotopic (exact) mass is 322 g/mol. The Morgan fingerprint density at radius 1 is 1.17 bits per heavy atom. The van der Waals surface area contributed by atoms with Crippen LogP contribution in [-0.4, -0.2) is 47.9 Å². The van der Waals surface area contributed by atoms with E-state index >= 15 is 0 Å². The van der Waals surface area contributed by atoms with Crippen LogP contribution in [-0.2, 0) is 13.0 Å².